The van der Waals surface area contributed by atoms with Gasteiger partial charge in [0.1, 0.15) is 6.10 Å². The summed E-state index contributed by atoms with van der Waals surface area (Å²) >= 11 is 0. The lowest BCUT2D eigenvalue weighted by atomic mass is 9.95. The minimum absolute atomic E-state index is 0.0991. The van der Waals surface area contributed by atoms with Crippen LogP contribution in [-0.2, 0) is 11.8 Å². The highest BCUT2D eigenvalue weighted by Gasteiger charge is 2.29. The van der Waals surface area contributed by atoms with Crippen LogP contribution in [0.5, 0.6) is 0 Å². The summed E-state index contributed by atoms with van der Waals surface area (Å²) in [4.78, 5) is 24.2. The SMILES string of the molecule is Cc1ccc(C2OCCCC2NC(=O)c2ccn(C)c(=O)c2)cc1. The fourth-order valence-corrected chi connectivity index (χ4v) is 2.96. The number of carbonyl (C=O) groups is 1. The van der Waals surface area contributed by atoms with Crippen LogP contribution in [0, 0.1) is 6.92 Å². The highest BCUT2D eigenvalue weighted by Crippen LogP contribution is 2.28. The Kier molecular flexibility index (Phi) is 4.81. The van der Waals surface area contributed by atoms with E-state index in [-0.39, 0.29) is 23.6 Å². The fourth-order valence-electron chi connectivity index (χ4n) is 2.96. The van der Waals surface area contributed by atoms with Crippen LogP contribution in [-0.4, -0.2) is 23.1 Å². The van der Waals surface area contributed by atoms with E-state index in [4.69, 9.17) is 4.74 Å². The molecule has 3 rings (SSSR count). The van der Waals surface area contributed by atoms with Gasteiger partial charge in [0.05, 0.1) is 6.04 Å². The maximum absolute atomic E-state index is 12.5. The lowest BCUT2D eigenvalue weighted by molar-refractivity contribution is -0.00946. The van der Waals surface area contributed by atoms with E-state index in [1.54, 1.807) is 19.3 Å². The molecule has 5 heteroatoms. The van der Waals surface area contributed by atoms with Crippen LogP contribution >= 0.6 is 0 Å². The van der Waals surface area contributed by atoms with E-state index in [2.05, 4.69) is 5.32 Å². The van der Waals surface area contributed by atoms with Crippen molar-refractivity contribution in [3.63, 3.8) is 0 Å². The van der Waals surface area contributed by atoms with Crippen molar-refractivity contribution in [1.82, 2.24) is 9.88 Å². The van der Waals surface area contributed by atoms with Gasteiger partial charge < -0.3 is 14.6 Å². The van der Waals surface area contributed by atoms with Gasteiger partial charge in [-0.25, -0.2) is 0 Å². The number of hydrogen-bond acceptors (Lipinski definition) is 3. The van der Waals surface area contributed by atoms with Gasteiger partial charge in [-0.2, -0.15) is 0 Å². The van der Waals surface area contributed by atoms with Crippen molar-refractivity contribution >= 4 is 5.91 Å². The summed E-state index contributed by atoms with van der Waals surface area (Å²) in [5.41, 5.74) is 2.44. The fraction of sp³-hybridized carbons (Fsp3) is 0.368. The Balaban J connectivity index is 1.78. The van der Waals surface area contributed by atoms with Crippen LogP contribution in [0.25, 0.3) is 0 Å². The maximum atomic E-state index is 12.5. The molecule has 0 radical (unpaired) electrons. The van der Waals surface area contributed by atoms with E-state index in [1.165, 1.54) is 16.2 Å². The van der Waals surface area contributed by atoms with Gasteiger partial charge in [0, 0.05) is 31.5 Å². The summed E-state index contributed by atoms with van der Waals surface area (Å²) in [7, 11) is 1.66. The Morgan fingerprint density at radius 2 is 2.00 bits per heavy atom. The molecule has 2 aromatic rings. The monoisotopic (exact) mass is 326 g/mol. The normalized spacial score (nSPS) is 20.6. The van der Waals surface area contributed by atoms with Gasteiger partial charge in [-0.1, -0.05) is 29.8 Å². The van der Waals surface area contributed by atoms with Gasteiger partial charge in [0.25, 0.3) is 11.5 Å². The second-order valence-electron chi connectivity index (χ2n) is 6.29. The van der Waals surface area contributed by atoms with Crippen molar-refractivity contribution < 1.29 is 9.53 Å². The molecule has 1 aromatic carbocycles. The Bertz CT molecular complexity index is 780. The molecule has 1 saturated heterocycles. The molecule has 24 heavy (non-hydrogen) atoms. The van der Waals surface area contributed by atoms with Crippen molar-refractivity contribution in [2.24, 2.45) is 7.05 Å². The van der Waals surface area contributed by atoms with Crippen molar-refractivity contribution in [2.75, 3.05) is 6.61 Å². The molecule has 126 valence electrons. The molecule has 1 aromatic heterocycles. The first-order chi connectivity index (χ1) is 11.5. The van der Waals surface area contributed by atoms with Crippen molar-refractivity contribution in [2.45, 2.75) is 31.9 Å². The molecular formula is C19H22N2O3. The van der Waals surface area contributed by atoms with Gasteiger partial charge in [0.2, 0.25) is 0 Å². The number of nitrogens with zero attached hydrogens (tertiary/aromatic N) is 1. The number of hydrogen-bond donors (Lipinski definition) is 1. The first-order valence-corrected chi connectivity index (χ1v) is 8.20. The maximum Gasteiger partial charge on any atom is 0.251 e. The molecule has 0 aliphatic carbocycles. The zero-order valence-electron chi connectivity index (χ0n) is 14.0. The molecule has 0 saturated carbocycles. The standard InChI is InChI=1S/C19H22N2O3/c1-13-5-7-14(8-6-13)18-16(4-3-11-24-18)20-19(23)15-9-10-21(2)17(22)12-15/h5-10,12,16,18H,3-4,11H2,1-2H3,(H,20,23). The van der Waals surface area contributed by atoms with Crippen LogP contribution in [0.4, 0.5) is 0 Å². The molecule has 2 unspecified atom stereocenters. The van der Waals surface area contributed by atoms with E-state index < -0.39 is 0 Å². The predicted octanol–water partition coefficient (Wildman–Crippen LogP) is 2.34. The Hall–Kier alpha value is -2.40. The van der Waals surface area contributed by atoms with Gasteiger partial charge in [-0.05, 0) is 31.4 Å². The summed E-state index contributed by atoms with van der Waals surface area (Å²) in [6.45, 7) is 2.73. The van der Waals surface area contributed by atoms with Gasteiger partial charge in [-0.3, -0.25) is 9.59 Å². The largest absolute Gasteiger partial charge is 0.371 e. The predicted molar refractivity (Wildman–Crippen MR) is 92.0 cm³/mol. The van der Waals surface area contributed by atoms with Crippen LogP contribution < -0.4 is 10.9 Å². The summed E-state index contributed by atoms with van der Waals surface area (Å²) in [5.74, 6) is -0.236. The number of aryl methyl sites for hydroxylation is 2. The summed E-state index contributed by atoms with van der Waals surface area (Å²) < 4.78 is 7.36. The average molecular weight is 326 g/mol. The van der Waals surface area contributed by atoms with Crippen molar-refractivity contribution in [3.8, 4) is 0 Å². The minimum atomic E-state index is -0.236. The van der Waals surface area contributed by atoms with Crippen LogP contribution in [0.15, 0.2) is 47.4 Å². The highest BCUT2D eigenvalue weighted by molar-refractivity contribution is 5.94. The van der Waals surface area contributed by atoms with Crippen LogP contribution in [0.3, 0.4) is 0 Å². The van der Waals surface area contributed by atoms with E-state index >= 15 is 0 Å². The molecule has 1 N–H and O–H groups in total. The first kappa shape index (κ1) is 16.5. The van der Waals surface area contributed by atoms with Gasteiger partial charge >= 0.3 is 0 Å². The zero-order chi connectivity index (χ0) is 17.1. The smallest absolute Gasteiger partial charge is 0.251 e. The Morgan fingerprint density at radius 1 is 1.25 bits per heavy atom. The summed E-state index contributed by atoms with van der Waals surface area (Å²) in [6, 6.07) is 11.1. The van der Waals surface area contributed by atoms with Gasteiger partial charge in [0.15, 0.2) is 0 Å². The van der Waals surface area contributed by atoms with Gasteiger partial charge in [-0.15, -0.1) is 0 Å². The second-order valence-corrected chi connectivity index (χ2v) is 6.29. The highest BCUT2D eigenvalue weighted by atomic mass is 16.5. The molecule has 1 fully saturated rings. The number of pyridine rings is 1. The minimum Gasteiger partial charge on any atom is -0.371 e. The topological polar surface area (TPSA) is 60.3 Å². The Morgan fingerprint density at radius 3 is 2.71 bits per heavy atom. The first-order valence-electron chi connectivity index (χ1n) is 8.20. The number of benzene rings is 1. The van der Waals surface area contributed by atoms with E-state index in [1.807, 2.05) is 31.2 Å². The third-order valence-corrected chi connectivity index (χ3v) is 4.41. The third kappa shape index (κ3) is 3.57. The molecule has 1 amide bonds. The third-order valence-electron chi connectivity index (χ3n) is 4.41. The van der Waals surface area contributed by atoms with E-state index in [9.17, 15) is 9.59 Å². The molecule has 1 aliphatic rings. The molecular weight excluding hydrogens is 304 g/mol. The molecule has 0 bridgehead atoms. The Labute approximate surface area is 141 Å². The lowest BCUT2D eigenvalue weighted by Crippen LogP contribution is -2.43. The van der Waals surface area contributed by atoms with Crippen molar-refractivity contribution in [1.29, 1.82) is 0 Å². The molecule has 5 nitrogen and oxygen atoms in total. The lowest BCUT2D eigenvalue weighted by Gasteiger charge is -2.32. The van der Waals surface area contributed by atoms with Crippen molar-refractivity contribution in [3.05, 3.63) is 69.6 Å². The average Bonchev–Trinajstić information content (AvgIpc) is 2.58. The number of ether oxygens (including phenoxy) is 1. The quantitative estimate of drug-likeness (QED) is 0.942. The van der Waals surface area contributed by atoms with Crippen LogP contribution in [0.1, 0.15) is 40.4 Å². The number of rotatable bonds is 3. The van der Waals surface area contributed by atoms with E-state index in [0.29, 0.717) is 12.2 Å². The summed E-state index contributed by atoms with van der Waals surface area (Å²) in [5, 5.41) is 3.03. The summed E-state index contributed by atoms with van der Waals surface area (Å²) in [6.07, 6.45) is 3.21. The second kappa shape index (κ2) is 7.01. The molecule has 0 spiro atoms. The van der Waals surface area contributed by atoms with Crippen LogP contribution in [0.2, 0.25) is 0 Å². The number of carbonyl (C=O) groups excluding carboxylic acids is 1. The number of amides is 1. The molecule has 2 atom stereocenters. The number of nitrogens with one attached hydrogen (secondary N) is 1. The van der Waals surface area contributed by atoms with E-state index in [0.717, 1.165) is 18.4 Å². The molecule has 1 aliphatic heterocycles. The molecule has 2 heterocycles. The number of aromatic nitrogens is 1. The zero-order valence-corrected chi connectivity index (χ0v) is 14.0.